The first kappa shape index (κ1) is 20.9. The number of aliphatic carboxylic acids is 1. The monoisotopic (exact) mass is 415 g/mol. The van der Waals surface area contributed by atoms with Gasteiger partial charge in [0, 0.05) is 31.8 Å². The van der Waals surface area contributed by atoms with Crippen molar-refractivity contribution in [2.24, 2.45) is 5.92 Å². The van der Waals surface area contributed by atoms with E-state index in [1.807, 2.05) is 0 Å². The number of benzene rings is 1. The topological polar surface area (TPSA) is 126 Å². The highest BCUT2D eigenvalue weighted by Crippen LogP contribution is 2.23. The summed E-state index contributed by atoms with van der Waals surface area (Å²) in [5.74, 6) is -5.35. The lowest BCUT2D eigenvalue weighted by Gasteiger charge is -2.30. The summed E-state index contributed by atoms with van der Waals surface area (Å²) >= 11 is 0. The smallest absolute Gasteiger partial charge is 0.322 e. The van der Waals surface area contributed by atoms with Crippen molar-refractivity contribution in [1.29, 1.82) is 0 Å². The molecule has 2 N–H and O–H groups in total. The average molecular weight is 415 g/mol. The number of carbonyl (C=O) groups excluding carboxylic acids is 3. The van der Waals surface area contributed by atoms with Crippen LogP contribution in [0.3, 0.4) is 0 Å². The van der Waals surface area contributed by atoms with Crippen molar-refractivity contribution >= 4 is 23.6 Å². The summed E-state index contributed by atoms with van der Waals surface area (Å²) < 4.78 is 19.0. The van der Waals surface area contributed by atoms with E-state index in [-0.39, 0.29) is 31.1 Å². The van der Waals surface area contributed by atoms with Gasteiger partial charge in [0.25, 0.3) is 0 Å². The maximum atomic E-state index is 13.6. The van der Waals surface area contributed by atoms with Gasteiger partial charge in [-0.2, -0.15) is 0 Å². The molecule has 0 aliphatic carbocycles. The molecule has 1 aliphatic heterocycles. The van der Waals surface area contributed by atoms with Crippen molar-refractivity contribution < 1.29 is 33.4 Å². The molecule has 2 amide bonds. The van der Waals surface area contributed by atoms with Crippen LogP contribution in [-0.2, 0) is 25.7 Å². The Labute approximate surface area is 170 Å². The third-order valence-electron chi connectivity index (χ3n) is 4.41. The zero-order valence-corrected chi connectivity index (χ0v) is 15.7. The van der Waals surface area contributed by atoms with Crippen LogP contribution in [0.15, 0.2) is 42.6 Å². The normalized spacial score (nSPS) is 16.3. The molecule has 2 heterocycles. The van der Waals surface area contributed by atoms with Gasteiger partial charge in [-0.25, -0.2) is 9.37 Å². The van der Waals surface area contributed by atoms with E-state index in [0.29, 0.717) is 5.56 Å². The van der Waals surface area contributed by atoms with Crippen LogP contribution < -0.4 is 10.1 Å². The van der Waals surface area contributed by atoms with Crippen molar-refractivity contribution in [2.45, 2.75) is 13.0 Å². The number of ketones is 1. The number of amides is 2. The number of rotatable bonds is 7. The number of nitrogens with zero attached hydrogens (tertiary/aromatic N) is 2. The molecule has 0 spiro atoms. The number of halogens is 1. The molecule has 9 nitrogen and oxygen atoms in total. The number of pyridine rings is 1. The van der Waals surface area contributed by atoms with E-state index in [1.54, 1.807) is 12.1 Å². The summed E-state index contributed by atoms with van der Waals surface area (Å²) in [5, 5.41) is 10.7. The third kappa shape index (κ3) is 4.96. The van der Waals surface area contributed by atoms with Gasteiger partial charge in [0.05, 0.1) is 0 Å². The zero-order chi connectivity index (χ0) is 21.7. The Morgan fingerprint density at radius 3 is 2.67 bits per heavy atom. The van der Waals surface area contributed by atoms with Gasteiger partial charge in [0.15, 0.2) is 23.3 Å². The third-order valence-corrected chi connectivity index (χ3v) is 4.41. The van der Waals surface area contributed by atoms with Crippen LogP contribution in [0.25, 0.3) is 0 Å². The van der Waals surface area contributed by atoms with Crippen LogP contribution in [0.5, 0.6) is 11.6 Å². The molecule has 3 rings (SSSR count). The fraction of sp³-hybridized carbons (Fsp3) is 0.250. The summed E-state index contributed by atoms with van der Waals surface area (Å²) in [7, 11) is 0. The van der Waals surface area contributed by atoms with E-state index < -0.39 is 41.8 Å². The fourth-order valence-corrected chi connectivity index (χ4v) is 2.93. The lowest BCUT2D eigenvalue weighted by Crippen LogP contribution is -2.52. The Hall–Kier alpha value is -3.82. The molecule has 1 fully saturated rings. The number of hydrogen-bond donors (Lipinski definition) is 2. The Bertz CT molecular complexity index is 979. The van der Waals surface area contributed by atoms with Gasteiger partial charge >= 0.3 is 5.97 Å². The number of hydrogen-bond acceptors (Lipinski definition) is 6. The number of carbonyl (C=O) groups is 4. The molecule has 1 aliphatic rings. The molecule has 2 aromatic rings. The van der Waals surface area contributed by atoms with Crippen LogP contribution >= 0.6 is 0 Å². The fourth-order valence-electron chi connectivity index (χ4n) is 2.93. The quantitative estimate of drug-likeness (QED) is 0.649. The Kier molecular flexibility index (Phi) is 6.35. The molecule has 0 bridgehead atoms. The Balaban J connectivity index is 1.64. The zero-order valence-electron chi connectivity index (χ0n) is 15.7. The Morgan fingerprint density at radius 2 is 2.00 bits per heavy atom. The molecule has 0 radical (unpaired) electrons. The molecule has 156 valence electrons. The maximum absolute atomic E-state index is 13.6. The lowest BCUT2D eigenvalue weighted by atomic mass is 9.94. The SMILES string of the molecule is O=C(O)CNC(=O)C1C(=O)CCN(Cc2ccc(Oc3ccccc3F)nc2)C1=O. The number of nitrogens with one attached hydrogen (secondary N) is 1. The standard InChI is InChI=1S/C20H18FN3O6/c21-13-3-1-2-4-15(13)30-16-6-5-12(9-22-16)11-24-8-7-14(25)18(20(24)29)19(28)23-10-17(26)27/h1-6,9,18H,7-8,10-11H2,(H,23,28)(H,26,27). The van der Waals surface area contributed by atoms with Gasteiger partial charge < -0.3 is 20.1 Å². The minimum Gasteiger partial charge on any atom is -0.480 e. The summed E-state index contributed by atoms with van der Waals surface area (Å²) in [5.41, 5.74) is 0.614. The highest BCUT2D eigenvalue weighted by atomic mass is 19.1. The highest BCUT2D eigenvalue weighted by molar-refractivity contribution is 6.19. The van der Waals surface area contributed by atoms with Crippen molar-refractivity contribution in [2.75, 3.05) is 13.1 Å². The van der Waals surface area contributed by atoms with Gasteiger partial charge in [0.1, 0.15) is 6.54 Å². The molecular formula is C20H18FN3O6. The second kappa shape index (κ2) is 9.12. The number of carboxylic acids is 1. The van der Waals surface area contributed by atoms with Crippen LogP contribution in [0.4, 0.5) is 4.39 Å². The second-order valence-electron chi connectivity index (χ2n) is 6.56. The number of aromatic nitrogens is 1. The van der Waals surface area contributed by atoms with Crippen molar-refractivity contribution in [3.63, 3.8) is 0 Å². The van der Waals surface area contributed by atoms with E-state index in [2.05, 4.69) is 10.3 Å². The van der Waals surface area contributed by atoms with E-state index in [9.17, 15) is 23.6 Å². The summed E-state index contributed by atoms with van der Waals surface area (Å²) in [6.07, 6.45) is 1.43. The summed E-state index contributed by atoms with van der Waals surface area (Å²) in [6, 6.07) is 9.03. The second-order valence-corrected chi connectivity index (χ2v) is 6.56. The van der Waals surface area contributed by atoms with Gasteiger partial charge in [0.2, 0.25) is 17.7 Å². The molecule has 1 saturated heterocycles. The highest BCUT2D eigenvalue weighted by Gasteiger charge is 2.40. The molecule has 10 heteroatoms. The summed E-state index contributed by atoms with van der Waals surface area (Å²) in [4.78, 5) is 52.7. The first-order chi connectivity index (χ1) is 14.3. The molecule has 1 aromatic carbocycles. The van der Waals surface area contributed by atoms with E-state index in [1.165, 1.54) is 35.4 Å². The minimum absolute atomic E-state index is 0.0151. The predicted octanol–water partition coefficient (Wildman–Crippen LogP) is 1.13. The largest absolute Gasteiger partial charge is 0.480 e. The van der Waals surface area contributed by atoms with Crippen molar-refractivity contribution in [1.82, 2.24) is 15.2 Å². The van der Waals surface area contributed by atoms with Gasteiger partial charge in [-0.05, 0) is 17.7 Å². The van der Waals surface area contributed by atoms with Crippen LogP contribution in [-0.4, -0.2) is 51.6 Å². The minimum atomic E-state index is -1.56. The Morgan fingerprint density at radius 1 is 1.23 bits per heavy atom. The van der Waals surface area contributed by atoms with Crippen LogP contribution in [0.1, 0.15) is 12.0 Å². The molecular weight excluding hydrogens is 397 g/mol. The van der Waals surface area contributed by atoms with Crippen molar-refractivity contribution in [3.05, 3.63) is 54.0 Å². The predicted molar refractivity (Wildman–Crippen MR) is 99.9 cm³/mol. The first-order valence-electron chi connectivity index (χ1n) is 9.03. The van der Waals surface area contributed by atoms with E-state index in [4.69, 9.17) is 9.84 Å². The number of Topliss-reactive ketones (excluding diaryl/α,β-unsaturated/α-hetero) is 1. The number of likely N-dealkylation sites (tertiary alicyclic amines) is 1. The summed E-state index contributed by atoms with van der Waals surface area (Å²) in [6.45, 7) is -0.445. The lowest BCUT2D eigenvalue weighted by molar-refractivity contribution is -0.152. The average Bonchev–Trinajstić information content (AvgIpc) is 2.71. The van der Waals surface area contributed by atoms with Crippen LogP contribution in [0.2, 0.25) is 0 Å². The molecule has 1 aromatic heterocycles. The van der Waals surface area contributed by atoms with E-state index in [0.717, 1.165) is 0 Å². The molecule has 30 heavy (non-hydrogen) atoms. The van der Waals surface area contributed by atoms with Gasteiger partial charge in [-0.1, -0.05) is 18.2 Å². The van der Waals surface area contributed by atoms with Gasteiger partial charge in [-0.15, -0.1) is 0 Å². The molecule has 0 saturated carbocycles. The number of ether oxygens (including phenoxy) is 1. The first-order valence-corrected chi connectivity index (χ1v) is 9.03. The maximum Gasteiger partial charge on any atom is 0.322 e. The molecule has 1 unspecified atom stereocenters. The van der Waals surface area contributed by atoms with E-state index >= 15 is 0 Å². The van der Waals surface area contributed by atoms with Crippen molar-refractivity contribution in [3.8, 4) is 11.6 Å². The molecule has 1 atom stereocenters. The number of piperidine rings is 1. The van der Waals surface area contributed by atoms with Crippen LogP contribution in [0, 0.1) is 11.7 Å². The van der Waals surface area contributed by atoms with Gasteiger partial charge in [-0.3, -0.25) is 19.2 Å². The number of para-hydroxylation sites is 1. The number of carboxylic acid groups (broad SMARTS) is 1.